The number of ether oxygens (including phenoxy) is 1. The Labute approximate surface area is 218 Å². The van der Waals surface area contributed by atoms with E-state index in [2.05, 4.69) is 4.98 Å². The van der Waals surface area contributed by atoms with Crippen LogP contribution in [0.15, 0.2) is 71.8 Å². The summed E-state index contributed by atoms with van der Waals surface area (Å²) >= 11 is 0. The maximum absolute atomic E-state index is 13.7. The predicted octanol–water partition coefficient (Wildman–Crippen LogP) is 3.60. The number of sulfonamides is 1. The normalized spacial score (nSPS) is 20.1. The zero-order valence-corrected chi connectivity index (χ0v) is 22.4. The van der Waals surface area contributed by atoms with Crippen molar-refractivity contribution >= 4 is 15.9 Å². The van der Waals surface area contributed by atoms with Gasteiger partial charge in [-0.05, 0) is 54.8 Å². The number of aliphatic hydroxyl groups is 1. The van der Waals surface area contributed by atoms with Gasteiger partial charge in [0.25, 0.3) is 5.91 Å². The molecule has 0 bridgehead atoms. The van der Waals surface area contributed by atoms with Crippen LogP contribution in [0.4, 0.5) is 0 Å². The average Bonchev–Trinajstić information content (AvgIpc) is 2.90. The van der Waals surface area contributed by atoms with Crippen LogP contribution in [0.1, 0.15) is 29.9 Å². The number of hydrogen-bond donors (Lipinski definition) is 1. The van der Waals surface area contributed by atoms with Crippen LogP contribution >= 0.6 is 0 Å². The van der Waals surface area contributed by atoms with Crippen molar-refractivity contribution in [3.05, 3.63) is 78.1 Å². The average molecular weight is 524 g/mol. The van der Waals surface area contributed by atoms with Gasteiger partial charge in [0, 0.05) is 31.7 Å². The van der Waals surface area contributed by atoms with Gasteiger partial charge >= 0.3 is 0 Å². The van der Waals surface area contributed by atoms with Crippen LogP contribution in [-0.2, 0) is 10.0 Å². The van der Waals surface area contributed by atoms with E-state index < -0.39 is 22.2 Å². The molecule has 0 fully saturated rings. The summed E-state index contributed by atoms with van der Waals surface area (Å²) in [6, 6.07) is 17.5. The molecule has 0 saturated carbocycles. The number of hydrogen-bond acceptors (Lipinski definition) is 6. The topological polar surface area (TPSA) is 100 Å². The first-order valence-electron chi connectivity index (χ1n) is 12.3. The highest BCUT2D eigenvalue weighted by Crippen LogP contribution is 2.37. The van der Waals surface area contributed by atoms with E-state index in [0.717, 1.165) is 16.7 Å². The Morgan fingerprint density at radius 3 is 2.59 bits per heavy atom. The Kier molecular flexibility index (Phi) is 7.96. The molecule has 0 saturated heterocycles. The molecular weight excluding hydrogens is 490 g/mol. The molecule has 196 valence electrons. The van der Waals surface area contributed by atoms with Gasteiger partial charge in [0.15, 0.2) is 0 Å². The highest BCUT2D eigenvalue weighted by atomic mass is 32.2. The van der Waals surface area contributed by atoms with Crippen LogP contribution in [0.2, 0.25) is 0 Å². The molecule has 0 unspecified atom stereocenters. The summed E-state index contributed by atoms with van der Waals surface area (Å²) in [5.41, 5.74) is 3.18. The van der Waals surface area contributed by atoms with E-state index >= 15 is 0 Å². The monoisotopic (exact) mass is 523 g/mol. The van der Waals surface area contributed by atoms with E-state index in [9.17, 15) is 18.3 Å². The van der Waals surface area contributed by atoms with Crippen molar-refractivity contribution in [1.29, 1.82) is 0 Å². The van der Waals surface area contributed by atoms with Gasteiger partial charge in [-0.15, -0.1) is 0 Å². The number of rotatable bonds is 6. The highest BCUT2D eigenvalue weighted by Gasteiger charge is 2.38. The number of aryl methyl sites for hydroxylation is 1. The Balaban J connectivity index is 1.76. The molecule has 37 heavy (non-hydrogen) atoms. The lowest BCUT2D eigenvalue weighted by Crippen LogP contribution is -2.50. The van der Waals surface area contributed by atoms with Gasteiger partial charge < -0.3 is 14.7 Å². The van der Waals surface area contributed by atoms with Crippen molar-refractivity contribution in [3.63, 3.8) is 0 Å². The van der Waals surface area contributed by atoms with E-state index in [0.29, 0.717) is 5.69 Å². The summed E-state index contributed by atoms with van der Waals surface area (Å²) in [5, 5.41) is 9.85. The molecule has 9 heteroatoms. The molecule has 2 heterocycles. The molecular formula is C28H33N3O5S. The summed E-state index contributed by atoms with van der Waals surface area (Å²) < 4.78 is 35.2. The highest BCUT2D eigenvalue weighted by molar-refractivity contribution is 7.89. The molecule has 1 aliphatic rings. The minimum Gasteiger partial charge on any atom is -0.487 e. The van der Waals surface area contributed by atoms with Crippen molar-refractivity contribution in [2.75, 3.05) is 26.7 Å². The number of amides is 1. The number of nitrogens with zero attached hydrogens (tertiary/aromatic N) is 3. The van der Waals surface area contributed by atoms with Crippen molar-refractivity contribution in [3.8, 4) is 16.9 Å². The maximum atomic E-state index is 13.7. The minimum absolute atomic E-state index is 0.0424. The van der Waals surface area contributed by atoms with E-state index in [1.165, 1.54) is 4.31 Å². The van der Waals surface area contributed by atoms with E-state index in [1.54, 1.807) is 61.5 Å². The van der Waals surface area contributed by atoms with Gasteiger partial charge in [-0.2, -0.15) is 4.31 Å². The van der Waals surface area contributed by atoms with Crippen LogP contribution in [0.3, 0.4) is 0 Å². The maximum Gasteiger partial charge on any atom is 0.272 e. The molecule has 3 atom stereocenters. The summed E-state index contributed by atoms with van der Waals surface area (Å²) in [6.07, 6.45) is 1.06. The molecule has 8 nitrogen and oxygen atoms in total. The molecule has 2 aromatic carbocycles. The summed E-state index contributed by atoms with van der Waals surface area (Å²) in [5.74, 6) is -0.301. The number of likely N-dealkylation sites (N-methyl/N-ethyl adjacent to an activating group) is 1. The number of carbonyl (C=O) groups excluding carboxylic acids is 1. The first-order valence-corrected chi connectivity index (χ1v) is 13.7. The first kappa shape index (κ1) is 26.8. The van der Waals surface area contributed by atoms with Gasteiger partial charge in [0.1, 0.15) is 22.4 Å². The molecule has 1 aliphatic heterocycles. The molecule has 4 rings (SSSR count). The van der Waals surface area contributed by atoms with Gasteiger partial charge in [-0.1, -0.05) is 43.3 Å². The lowest BCUT2D eigenvalue weighted by atomic mass is 10.00. The smallest absolute Gasteiger partial charge is 0.272 e. The Bertz CT molecular complexity index is 1360. The zero-order chi connectivity index (χ0) is 26.7. The summed E-state index contributed by atoms with van der Waals surface area (Å²) in [4.78, 5) is 18.7. The quantitative estimate of drug-likeness (QED) is 0.530. The van der Waals surface area contributed by atoms with Crippen molar-refractivity contribution in [1.82, 2.24) is 14.2 Å². The number of benzene rings is 2. The van der Waals surface area contributed by atoms with Gasteiger partial charge in [0.05, 0.1) is 13.2 Å². The fourth-order valence-corrected chi connectivity index (χ4v) is 6.37. The third kappa shape index (κ3) is 5.53. The molecule has 0 aliphatic carbocycles. The number of fused-ring (bicyclic) bond motifs is 1. The number of aromatic nitrogens is 1. The zero-order valence-electron chi connectivity index (χ0n) is 21.5. The lowest BCUT2D eigenvalue weighted by Gasteiger charge is -2.37. The fraction of sp³-hybridized carbons (Fsp3) is 0.357. The van der Waals surface area contributed by atoms with Crippen molar-refractivity contribution in [2.45, 2.75) is 37.8 Å². The van der Waals surface area contributed by atoms with Crippen LogP contribution in [-0.4, -0.2) is 72.5 Å². The van der Waals surface area contributed by atoms with Crippen LogP contribution in [0.25, 0.3) is 11.1 Å². The molecule has 1 amide bonds. The lowest BCUT2D eigenvalue weighted by molar-refractivity contribution is 0.0560. The molecule has 1 aromatic heterocycles. The second kappa shape index (κ2) is 11.0. The SMILES string of the molecule is Cc1ccccc1-c1ccc2c(c1)O[C@H](CN(C)C(=O)c1ccccn1)[C@H](C)CN([C@H](C)CO)S2(=O)=O. The molecule has 1 N–H and O–H groups in total. The van der Waals surface area contributed by atoms with Crippen molar-refractivity contribution < 1.29 is 23.1 Å². The van der Waals surface area contributed by atoms with Crippen molar-refractivity contribution in [2.24, 2.45) is 5.92 Å². The van der Waals surface area contributed by atoms with Gasteiger partial charge in [0.2, 0.25) is 10.0 Å². The molecule has 3 aromatic rings. The first-order chi connectivity index (χ1) is 17.6. The molecule has 0 spiro atoms. The summed E-state index contributed by atoms with van der Waals surface area (Å²) in [6.45, 7) is 5.63. The molecule has 0 radical (unpaired) electrons. The number of pyridine rings is 1. The van der Waals surface area contributed by atoms with Gasteiger partial charge in [-0.25, -0.2) is 8.42 Å². The van der Waals surface area contributed by atoms with E-state index in [4.69, 9.17) is 4.74 Å². The van der Waals surface area contributed by atoms with Crippen LogP contribution in [0, 0.1) is 12.8 Å². The minimum atomic E-state index is -3.95. The van der Waals surface area contributed by atoms with Crippen LogP contribution in [0.5, 0.6) is 5.75 Å². The number of aliphatic hydroxyl groups excluding tert-OH is 1. The number of carbonyl (C=O) groups is 1. The van der Waals surface area contributed by atoms with Gasteiger partial charge in [-0.3, -0.25) is 9.78 Å². The second-order valence-electron chi connectivity index (χ2n) is 9.62. The third-order valence-electron chi connectivity index (χ3n) is 6.81. The Hall–Kier alpha value is -3.27. The Morgan fingerprint density at radius 2 is 1.92 bits per heavy atom. The largest absolute Gasteiger partial charge is 0.487 e. The van der Waals surface area contributed by atoms with Crippen LogP contribution < -0.4 is 4.74 Å². The fourth-order valence-electron chi connectivity index (χ4n) is 4.55. The van der Waals surface area contributed by atoms with E-state index in [-0.39, 0.29) is 42.2 Å². The standard InChI is InChI=1S/C28H33N3O5S/c1-19-9-5-6-10-23(19)22-12-13-27-25(15-22)36-26(17-30(4)28(33)24-11-7-8-14-29-24)20(2)16-31(21(3)18-32)37(27,34)35/h5-15,20-21,26,32H,16-18H2,1-4H3/t20-,21-,26-/m1/s1. The second-order valence-corrected chi connectivity index (χ2v) is 11.5. The predicted molar refractivity (Wildman–Crippen MR) is 142 cm³/mol. The summed E-state index contributed by atoms with van der Waals surface area (Å²) in [7, 11) is -2.27. The third-order valence-corrected chi connectivity index (χ3v) is 8.83. The van der Waals surface area contributed by atoms with E-state index in [1.807, 2.05) is 38.1 Å². The Morgan fingerprint density at radius 1 is 1.19 bits per heavy atom.